The topological polar surface area (TPSA) is 78.9 Å². The molecule has 19 heavy (non-hydrogen) atoms. The molecule has 0 bridgehead atoms. The van der Waals surface area contributed by atoms with Gasteiger partial charge in [0.15, 0.2) is 0 Å². The Kier molecular flexibility index (Phi) is 5.43. The molecule has 110 valence electrons. The van der Waals surface area contributed by atoms with Gasteiger partial charge in [0, 0.05) is 19.0 Å². The highest BCUT2D eigenvalue weighted by molar-refractivity contribution is 6.27. The van der Waals surface area contributed by atoms with E-state index in [-0.39, 0.29) is 36.4 Å². The van der Waals surface area contributed by atoms with Gasteiger partial charge in [0.05, 0.1) is 12.6 Å². The maximum atomic E-state index is 11.7. The zero-order valence-corrected chi connectivity index (χ0v) is 12.2. The summed E-state index contributed by atoms with van der Waals surface area (Å²) in [5, 5.41) is 11.9. The van der Waals surface area contributed by atoms with Crippen molar-refractivity contribution in [1.29, 1.82) is 0 Å². The van der Waals surface area contributed by atoms with E-state index in [0.29, 0.717) is 13.1 Å². The smallest absolute Gasteiger partial charge is 0.410 e. The number of carbonyl (C=O) groups excluding carboxylic acids is 2. The molecule has 1 saturated heterocycles. The second-order valence-electron chi connectivity index (χ2n) is 5.64. The van der Waals surface area contributed by atoms with Gasteiger partial charge in [-0.2, -0.15) is 0 Å². The molecule has 6 nitrogen and oxygen atoms in total. The number of halogens is 1. The molecule has 2 N–H and O–H groups in total. The number of alkyl halides is 1. The maximum Gasteiger partial charge on any atom is 0.410 e. The minimum atomic E-state index is -0.522. The van der Waals surface area contributed by atoms with Crippen LogP contribution < -0.4 is 5.32 Å². The highest BCUT2D eigenvalue weighted by Gasteiger charge is 2.38. The Morgan fingerprint density at radius 3 is 2.47 bits per heavy atom. The summed E-state index contributed by atoms with van der Waals surface area (Å²) in [6.07, 6.45) is -0.371. The molecule has 1 aliphatic rings. The molecular weight excluding hydrogens is 272 g/mol. The lowest BCUT2D eigenvalue weighted by molar-refractivity contribution is -0.120. The van der Waals surface area contributed by atoms with Crippen LogP contribution in [0.4, 0.5) is 4.79 Å². The van der Waals surface area contributed by atoms with Crippen molar-refractivity contribution < 1.29 is 19.4 Å². The Hall–Kier alpha value is -1.01. The number of amides is 2. The van der Waals surface area contributed by atoms with E-state index in [1.54, 1.807) is 25.7 Å². The fraction of sp³-hybridized carbons (Fsp3) is 0.833. The Morgan fingerprint density at radius 2 is 2.05 bits per heavy atom. The second-order valence-corrected chi connectivity index (χ2v) is 5.90. The van der Waals surface area contributed by atoms with Crippen LogP contribution in [0.25, 0.3) is 0 Å². The molecule has 0 aromatic heterocycles. The van der Waals surface area contributed by atoms with Crippen molar-refractivity contribution in [3.8, 4) is 0 Å². The van der Waals surface area contributed by atoms with E-state index in [4.69, 9.17) is 16.3 Å². The van der Waals surface area contributed by atoms with Crippen LogP contribution in [0.15, 0.2) is 0 Å². The third kappa shape index (κ3) is 4.87. The predicted molar refractivity (Wildman–Crippen MR) is 71.0 cm³/mol. The van der Waals surface area contributed by atoms with E-state index >= 15 is 0 Å². The van der Waals surface area contributed by atoms with Gasteiger partial charge in [-0.3, -0.25) is 4.79 Å². The Morgan fingerprint density at radius 1 is 1.47 bits per heavy atom. The molecule has 0 saturated carbocycles. The maximum absolute atomic E-state index is 11.7. The van der Waals surface area contributed by atoms with Gasteiger partial charge in [0.1, 0.15) is 11.5 Å². The van der Waals surface area contributed by atoms with Crippen LogP contribution in [-0.4, -0.2) is 59.2 Å². The fourth-order valence-corrected chi connectivity index (χ4v) is 1.88. The van der Waals surface area contributed by atoms with E-state index in [2.05, 4.69) is 5.32 Å². The van der Waals surface area contributed by atoms with E-state index in [0.717, 1.165) is 0 Å². The number of hydrogen-bond acceptors (Lipinski definition) is 4. The highest BCUT2D eigenvalue weighted by Crippen LogP contribution is 2.22. The molecule has 7 heteroatoms. The fourth-order valence-electron chi connectivity index (χ4n) is 1.80. The first-order valence-electron chi connectivity index (χ1n) is 6.21. The first kappa shape index (κ1) is 16.0. The third-order valence-electron chi connectivity index (χ3n) is 2.79. The first-order valence-corrected chi connectivity index (χ1v) is 6.74. The van der Waals surface area contributed by atoms with Crippen molar-refractivity contribution in [2.24, 2.45) is 5.92 Å². The van der Waals surface area contributed by atoms with Crippen LogP contribution in [0.3, 0.4) is 0 Å². The van der Waals surface area contributed by atoms with E-state index in [1.165, 1.54) is 0 Å². The summed E-state index contributed by atoms with van der Waals surface area (Å²) in [6, 6.07) is -0.370. The van der Waals surface area contributed by atoms with Gasteiger partial charge in [-0.1, -0.05) is 0 Å². The number of nitrogens with one attached hydrogen (secondary N) is 1. The summed E-state index contributed by atoms with van der Waals surface area (Å²) < 4.78 is 5.22. The van der Waals surface area contributed by atoms with E-state index in [1.807, 2.05) is 0 Å². The number of ether oxygens (including phenoxy) is 1. The molecule has 0 aromatic rings. The quantitative estimate of drug-likeness (QED) is 0.743. The molecule has 1 fully saturated rings. The molecule has 0 spiro atoms. The van der Waals surface area contributed by atoms with Gasteiger partial charge < -0.3 is 20.1 Å². The lowest BCUT2D eigenvalue weighted by atomic mass is 9.92. The van der Waals surface area contributed by atoms with Crippen molar-refractivity contribution in [2.75, 3.05) is 25.6 Å². The summed E-state index contributed by atoms with van der Waals surface area (Å²) in [5.74, 6) is -0.431. The van der Waals surface area contributed by atoms with Gasteiger partial charge in [0.25, 0.3) is 0 Å². The lowest BCUT2D eigenvalue weighted by Gasteiger charge is -2.43. The minimum absolute atomic E-state index is 0.0321. The van der Waals surface area contributed by atoms with Crippen molar-refractivity contribution in [1.82, 2.24) is 10.2 Å². The monoisotopic (exact) mass is 292 g/mol. The predicted octanol–water partition coefficient (Wildman–Crippen LogP) is 0.569. The number of hydrogen-bond donors (Lipinski definition) is 2. The average Bonchev–Trinajstić information content (AvgIpc) is 2.22. The van der Waals surface area contributed by atoms with Crippen LogP contribution in [0.1, 0.15) is 20.8 Å². The van der Waals surface area contributed by atoms with Crippen LogP contribution in [0.5, 0.6) is 0 Å². The van der Waals surface area contributed by atoms with E-state index < -0.39 is 5.60 Å². The summed E-state index contributed by atoms with van der Waals surface area (Å²) in [7, 11) is 0. The van der Waals surface area contributed by atoms with E-state index in [9.17, 15) is 14.7 Å². The second kappa shape index (κ2) is 6.43. The van der Waals surface area contributed by atoms with Gasteiger partial charge >= 0.3 is 6.09 Å². The summed E-state index contributed by atoms with van der Waals surface area (Å²) in [6.45, 7) is 6.17. The van der Waals surface area contributed by atoms with Crippen molar-refractivity contribution in [3.63, 3.8) is 0 Å². The van der Waals surface area contributed by atoms with Crippen LogP contribution in [0, 0.1) is 5.92 Å². The Balaban J connectivity index is 2.39. The van der Waals surface area contributed by atoms with Crippen molar-refractivity contribution in [2.45, 2.75) is 32.4 Å². The number of rotatable bonds is 4. The van der Waals surface area contributed by atoms with Crippen LogP contribution in [0.2, 0.25) is 0 Å². The normalized spacial score (nSPS) is 17.6. The van der Waals surface area contributed by atoms with Crippen LogP contribution >= 0.6 is 11.6 Å². The number of nitrogens with zero attached hydrogens (tertiary/aromatic N) is 1. The van der Waals surface area contributed by atoms with Crippen molar-refractivity contribution >= 4 is 23.6 Å². The molecule has 1 atom stereocenters. The van der Waals surface area contributed by atoms with Crippen LogP contribution in [-0.2, 0) is 9.53 Å². The summed E-state index contributed by atoms with van der Waals surface area (Å²) in [5.41, 5.74) is -0.522. The van der Waals surface area contributed by atoms with Gasteiger partial charge in [-0.15, -0.1) is 11.6 Å². The largest absolute Gasteiger partial charge is 0.444 e. The minimum Gasteiger partial charge on any atom is -0.444 e. The molecular formula is C12H21ClN2O4. The lowest BCUT2D eigenvalue weighted by Crippen LogP contribution is -2.60. The van der Waals surface area contributed by atoms with Gasteiger partial charge in [-0.05, 0) is 20.8 Å². The number of aliphatic hydroxyl groups is 1. The van der Waals surface area contributed by atoms with Gasteiger partial charge in [0.2, 0.25) is 5.91 Å². The van der Waals surface area contributed by atoms with Gasteiger partial charge in [-0.25, -0.2) is 4.79 Å². The third-order valence-corrected chi connectivity index (χ3v) is 3.04. The number of aliphatic hydroxyl groups excluding tert-OH is 1. The molecule has 1 rings (SSSR count). The number of carbonyl (C=O) groups is 2. The molecule has 1 aliphatic heterocycles. The highest BCUT2D eigenvalue weighted by atomic mass is 35.5. The zero-order valence-electron chi connectivity index (χ0n) is 11.5. The van der Waals surface area contributed by atoms with Crippen molar-refractivity contribution in [3.05, 3.63) is 0 Å². The summed E-state index contributed by atoms with van der Waals surface area (Å²) in [4.78, 5) is 24.4. The standard InChI is InChI=1S/C12H21ClN2O4/c1-12(2,3)19-11(18)15-5-8(6-15)9(7-16)14-10(17)4-13/h8-9,16H,4-7H2,1-3H3,(H,14,17). The first-order chi connectivity index (χ1) is 8.76. The molecule has 1 heterocycles. The summed E-state index contributed by atoms with van der Waals surface area (Å²) >= 11 is 5.39. The SMILES string of the molecule is CC(C)(C)OC(=O)N1CC(C(CO)NC(=O)CCl)C1. The molecule has 2 amide bonds. The molecule has 1 unspecified atom stereocenters. The molecule has 0 aliphatic carbocycles. The molecule has 0 aromatic carbocycles. The number of likely N-dealkylation sites (tertiary alicyclic amines) is 1. The Labute approximate surface area is 118 Å². The molecule has 0 radical (unpaired) electrons. The average molecular weight is 293 g/mol. The zero-order chi connectivity index (χ0) is 14.6. The Bertz CT molecular complexity index is 337.